The maximum Gasteiger partial charge on any atom is 0.226 e. The summed E-state index contributed by atoms with van der Waals surface area (Å²) in [4.78, 5) is 28.2. The van der Waals surface area contributed by atoms with Gasteiger partial charge in [-0.15, -0.1) is 11.3 Å². The fourth-order valence-electron chi connectivity index (χ4n) is 2.21. The summed E-state index contributed by atoms with van der Waals surface area (Å²) in [6.07, 6.45) is 1.42. The molecule has 0 bridgehead atoms. The Kier molecular flexibility index (Phi) is 7.13. The number of carbonyl (C=O) groups excluding carboxylic acids is 2. The van der Waals surface area contributed by atoms with Gasteiger partial charge in [0.25, 0.3) is 0 Å². The summed E-state index contributed by atoms with van der Waals surface area (Å²) in [7, 11) is 0. The predicted octanol–water partition coefficient (Wildman–Crippen LogP) is 3.08. The molecule has 2 rings (SSSR count). The Morgan fingerprint density at radius 3 is 2.60 bits per heavy atom. The molecule has 0 fully saturated rings. The molecule has 1 atom stereocenters. The van der Waals surface area contributed by atoms with E-state index in [0.29, 0.717) is 13.0 Å². The molecule has 134 valence electrons. The highest BCUT2D eigenvalue weighted by molar-refractivity contribution is 7.13. The Hall–Kier alpha value is -2.21. The van der Waals surface area contributed by atoms with Crippen molar-refractivity contribution >= 4 is 23.2 Å². The Bertz CT molecular complexity index is 710. The number of amides is 2. The van der Waals surface area contributed by atoms with Crippen LogP contribution in [0, 0.1) is 6.92 Å². The zero-order chi connectivity index (χ0) is 18.2. The average Bonchev–Trinajstić information content (AvgIpc) is 3.03. The number of nitrogens with zero attached hydrogens (tertiary/aromatic N) is 1. The molecule has 1 aromatic heterocycles. The molecular formula is C19H25N3O2S. The van der Waals surface area contributed by atoms with Crippen LogP contribution < -0.4 is 10.6 Å². The number of benzene rings is 1. The number of aromatic nitrogens is 1. The third-order valence-corrected chi connectivity index (χ3v) is 4.83. The van der Waals surface area contributed by atoms with E-state index >= 15 is 0 Å². The zero-order valence-electron chi connectivity index (χ0n) is 15.0. The second kappa shape index (κ2) is 9.32. The minimum Gasteiger partial charge on any atom is -0.355 e. The van der Waals surface area contributed by atoms with Gasteiger partial charge in [0.05, 0.1) is 12.1 Å². The lowest BCUT2D eigenvalue weighted by Gasteiger charge is -2.11. The van der Waals surface area contributed by atoms with Gasteiger partial charge in [0.15, 0.2) is 0 Å². The largest absolute Gasteiger partial charge is 0.355 e. The SMILES string of the molecule is CCC(C)NC(=O)CCNC(=O)Cc1csc(-c2ccc(C)cc2)n1. The molecule has 0 saturated heterocycles. The van der Waals surface area contributed by atoms with Crippen LogP contribution in [0.25, 0.3) is 10.6 Å². The Morgan fingerprint density at radius 1 is 1.20 bits per heavy atom. The normalized spacial score (nSPS) is 11.8. The third-order valence-electron chi connectivity index (χ3n) is 3.89. The lowest BCUT2D eigenvalue weighted by molar-refractivity contribution is -0.122. The minimum absolute atomic E-state index is 0.0371. The van der Waals surface area contributed by atoms with Crippen molar-refractivity contribution in [3.8, 4) is 10.6 Å². The number of thiazole rings is 1. The topological polar surface area (TPSA) is 71.1 Å². The zero-order valence-corrected chi connectivity index (χ0v) is 15.8. The summed E-state index contributed by atoms with van der Waals surface area (Å²) in [5.74, 6) is -0.151. The van der Waals surface area contributed by atoms with Gasteiger partial charge in [-0.3, -0.25) is 9.59 Å². The molecule has 2 amide bonds. The quantitative estimate of drug-likeness (QED) is 0.761. The van der Waals surface area contributed by atoms with Crippen LogP contribution in [0.5, 0.6) is 0 Å². The van der Waals surface area contributed by atoms with Crippen molar-refractivity contribution in [1.82, 2.24) is 15.6 Å². The van der Waals surface area contributed by atoms with Gasteiger partial charge < -0.3 is 10.6 Å². The first kappa shape index (κ1) is 19.1. The van der Waals surface area contributed by atoms with Crippen molar-refractivity contribution in [1.29, 1.82) is 0 Å². The van der Waals surface area contributed by atoms with E-state index in [4.69, 9.17) is 0 Å². The fraction of sp³-hybridized carbons (Fsp3) is 0.421. The first-order valence-corrected chi connectivity index (χ1v) is 9.43. The number of nitrogens with one attached hydrogen (secondary N) is 2. The molecule has 2 aromatic rings. The van der Waals surface area contributed by atoms with E-state index in [1.54, 1.807) is 0 Å². The fourth-order valence-corrected chi connectivity index (χ4v) is 3.03. The van der Waals surface area contributed by atoms with Crippen LogP contribution in [-0.4, -0.2) is 29.4 Å². The van der Waals surface area contributed by atoms with Gasteiger partial charge in [-0.25, -0.2) is 4.98 Å². The second-order valence-electron chi connectivity index (χ2n) is 6.16. The molecule has 0 aliphatic rings. The number of hydrogen-bond acceptors (Lipinski definition) is 4. The molecule has 25 heavy (non-hydrogen) atoms. The summed E-state index contributed by atoms with van der Waals surface area (Å²) in [6.45, 7) is 6.37. The third kappa shape index (κ3) is 6.31. The average molecular weight is 359 g/mol. The molecule has 5 nitrogen and oxygen atoms in total. The van der Waals surface area contributed by atoms with E-state index in [1.165, 1.54) is 16.9 Å². The van der Waals surface area contributed by atoms with Crippen LogP contribution in [0.2, 0.25) is 0 Å². The van der Waals surface area contributed by atoms with Crippen molar-refractivity contribution in [2.45, 2.75) is 46.1 Å². The lowest BCUT2D eigenvalue weighted by atomic mass is 10.2. The first-order valence-electron chi connectivity index (χ1n) is 8.55. The van der Waals surface area contributed by atoms with Gasteiger partial charge in [0, 0.05) is 30.0 Å². The molecule has 2 N–H and O–H groups in total. The molecule has 1 aromatic carbocycles. The van der Waals surface area contributed by atoms with Gasteiger partial charge in [-0.1, -0.05) is 36.8 Å². The van der Waals surface area contributed by atoms with E-state index in [2.05, 4.69) is 15.6 Å². The van der Waals surface area contributed by atoms with Crippen LogP contribution in [0.15, 0.2) is 29.6 Å². The number of rotatable bonds is 8. The summed E-state index contributed by atoms with van der Waals surface area (Å²) in [5, 5.41) is 8.47. The standard InChI is InChI=1S/C19H25N3O2S/c1-4-14(3)21-17(23)9-10-20-18(24)11-16-12-25-19(22-16)15-7-5-13(2)6-8-15/h5-8,12,14H,4,9-11H2,1-3H3,(H,20,24)(H,21,23). The van der Waals surface area contributed by atoms with Gasteiger partial charge in [-0.2, -0.15) is 0 Å². The van der Waals surface area contributed by atoms with E-state index in [-0.39, 0.29) is 24.3 Å². The lowest BCUT2D eigenvalue weighted by Crippen LogP contribution is -2.35. The molecule has 1 unspecified atom stereocenters. The highest BCUT2D eigenvalue weighted by atomic mass is 32.1. The van der Waals surface area contributed by atoms with E-state index < -0.39 is 0 Å². The summed E-state index contributed by atoms with van der Waals surface area (Å²) >= 11 is 1.53. The molecule has 1 heterocycles. The highest BCUT2D eigenvalue weighted by Gasteiger charge is 2.10. The van der Waals surface area contributed by atoms with E-state index in [0.717, 1.165) is 22.7 Å². The first-order chi connectivity index (χ1) is 12.0. The van der Waals surface area contributed by atoms with Crippen LogP contribution in [0.4, 0.5) is 0 Å². The van der Waals surface area contributed by atoms with Crippen molar-refractivity contribution in [2.75, 3.05) is 6.54 Å². The van der Waals surface area contributed by atoms with E-state index in [1.807, 2.05) is 50.4 Å². The monoisotopic (exact) mass is 359 g/mol. The Morgan fingerprint density at radius 2 is 1.92 bits per heavy atom. The molecule has 0 aliphatic carbocycles. The van der Waals surface area contributed by atoms with Crippen LogP contribution in [0.1, 0.15) is 37.9 Å². The summed E-state index contributed by atoms with van der Waals surface area (Å²) in [5.41, 5.74) is 3.02. The van der Waals surface area contributed by atoms with Crippen LogP contribution in [-0.2, 0) is 16.0 Å². The minimum atomic E-state index is -0.114. The number of hydrogen-bond donors (Lipinski definition) is 2. The molecule has 0 radical (unpaired) electrons. The predicted molar refractivity (Wildman–Crippen MR) is 102 cm³/mol. The summed E-state index contributed by atoms with van der Waals surface area (Å²) < 4.78 is 0. The van der Waals surface area contributed by atoms with Gasteiger partial charge in [0.1, 0.15) is 5.01 Å². The van der Waals surface area contributed by atoms with Gasteiger partial charge in [-0.05, 0) is 20.3 Å². The van der Waals surface area contributed by atoms with Crippen molar-refractivity contribution < 1.29 is 9.59 Å². The number of aryl methyl sites for hydroxylation is 1. The van der Waals surface area contributed by atoms with Crippen LogP contribution >= 0.6 is 11.3 Å². The molecular weight excluding hydrogens is 334 g/mol. The maximum atomic E-state index is 12.0. The molecule has 0 saturated carbocycles. The Labute approximate surface area is 152 Å². The second-order valence-corrected chi connectivity index (χ2v) is 7.02. The molecule has 0 spiro atoms. The van der Waals surface area contributed by atoms with Gasteiger partial charge >= 0.3 is 0 Å². The van der Waals surface area contributed by atoms with Crippen molar-refractivity contribution in [3.63, 3.8) is 0 Å². The number of carbonyl (C=O) groups is 2. The van der Waals surface area contributed by atoms with Crippen molar-refractivity contribution in [3.05, 3.63) is 40.9 Å². The summed E-state index contributed by atoms with van der Waals surface area (Å²) in [6, 6.07) is 8.33. The Balaban J connectivity index is 1.77. The highest BCUT2D eigenvalue weighted by Crippen LogP contribution is 2.24. The molecule has 6 heteroatoms. The van der Waals surface area contributed by atoms with Gasteiger partial charge in [0.2, 0.25) is 11.8 Å². The van der Waals surface area contributed by atoms with E-state index in [9.17, 15) is 9.59 Å². The van der Waals surface area contributed by atoms with Crippen molar-refractivity contribution in [2.24, 2.45) is 0 Å². The smallest absolute Gasteiger partial charge is 0.226 e. The van der Waals surface area contributed by atoms with Crippen LogP contribution in [0.3, 0.4) is 0 Å². The maximum absolute atomic E-state index is 12.0. The molecule has 0 aliphatic heterocycles.